The summed E-state index contributed by atoms with van der Waals surface area (Å²) in [6.45, 7) is 0. The molecule has 0 aliphatic carbocycles. The van der Waals surface area contributed by atoms with Crippen molar-refractivity contribution >= 4 is 37.7 Å². The van der Waals surface area contributed by atoms with E-state index in [2.05, 4.69) is 36.9 Å². The molecule has 0 bridgehead atoms. The number of aromatic amines is 1. The molecule has 4 nitrogen and oxygen atoms in total. The van der Waals surface area contributed by atoms with E-state index < -0.39 is 6.10 Å². The number of rotatable bonds is 2. The molecule has 22 heavy (non-hydrogen) atoms. The van der Waals surface area contributed by atoms with Crippen LogP contribution in [-0.2, 0) is 0 Å². The lowest BCUT2D eigenvalue weighted by Crippen LogP contribution is -2.04. The van der Waals surface area contributed by atoms with E-state index in [1.54, 1.807) is 24.7 Å². The summed E-state index contributed by atoms with van der Waals surface area (Å²) in [4.78, 5) is 11.8. The Morgan fingerprint density at radius 3 is 2.77 bits per heavy atom. The number of nitrogens with one attached hydrogen (secondary N) is 1. The molecule has 1 aromatic carbocycles. The van der Waals surface area contributed by atoms with Crippen molar-refractivity contribution in [3.05, 3.63) is 70.7 Å². The molecule has 108 valence electrons. The quantitative estimate of drug-likeness (QED) is 0.573. The zero-order valence-electron chi connectivity index (χ0n) is 11.5. The summed E-state index contributed by atoms with van der Waals surface area (Å²) >= 11 is 3.43. The highest BCUT2D eigenvalue weighted by molar-refractivity contribution is 9.10. The summed E-state index contributed by atoms with van der Waals surface area (Å²) in [6, 6.07) is 11.8. The molecule has 1 atom stereocenters. The summed E-state index contributed by atoms with van der Waals surface area (Å²) in [5.41, 5.74) is 3.25. The number of nitrogens with zero attached hydrogens (tertiary/aromatic N) is 2. The summed E-state index contributed by atoms with van der Waals surface area (Å²) in [5, 5.41) is 12.9. The Balaban J connectivity index is 1.97. The number of aromatic nitrogens is 3. The minimum Gasteiger partial charge on any atom is -0.382 e. The first-order chi connectivity index (χ1) is 10.8. The molecule has 0 saturated heterocycles. The van der Waals surface area contributed by atoms with E-state index in [4.69, 9.17) is 0 Å². The van der Waals surface area contributed by atoms with Gasteiger partial charge in [0.25, 0.3) is 0 Å². The minimum absolute atomic E-state index is 0.612. The Labute approximate surface area is 135 Å². The molecule has 0 spiro atoms. The summed E-state index contributed by atoms with van der Waals surface area (Å²) < 4.78 is 0.761. The maximum atomic E-state index is 10.8. The first kappa shape index (κ1) is 13.4. The second kappa shape index (κ2) is 5.19. The van der Waals surface area contributed by atoms with Gasteiger partial charge in [-0.15, -0.1) is 0 Å². The van der Waals surface area contributed by atoms with Gasteiger partial charge >= 0.3 is 0 Å². The molecular weight excluding hydrogens is 342 g/mol. The minimum atomic E-state index is -0.825. The summed E-state index contributed by atoms with van der Waals surface area (Å²) in [7, 11) is 0. The van der Waals surface area contributed by atoms with Gasteiger partial charge < -0.3 is 10.1 Å². The Bertz CT molecular complexity index is 980. The van der Waals surface area contributed by atoms with E-state index in [9.17, 15) is 5.11 Å². The van der Waals surface area contributed by atoms with Crippen molar-refractivity contribution in [3.63, 3.8) is 0 Å². The fourth-order valence-electron chi connectivity index (χ4n) is 2.76. The number of hydrogen-bond donors (Lipinski definition) is 2. The van der Waals surface area contributed by atoms with Gasteiger partial charge in [0.1, 0.15) is 6.10 Å². The summed E-state index contributed by atoms with van der Waals surface area (Å²) in [5.74, 6) is 0. The number of hydrogen-bond acceptors (Lipinski definition) is 3. The molecular formula is C17H12BrN3O. The number of fused-ring (bicyclic) bond motifs is 3. The Morgan fingerprint density at radius 2 is 1.91 bits per heavy atom. The normalized spacial score (nSPS) is 12.8. The molecule has 4 rings (SSSR count). The zero-order chi connectivity index (χ0) is 15.1. The lowest BCUT2D eigenvalue weighted by molar-refractivity contribution is 0.216. The van der Waals surface area contributed by atoms with E-state index >= 15 is 0 Å². The largest absolute Gasteiger partial charge is 0.382 e. The third-order valence-electron chi connectivity index (χ3n) is 3.81. The number of pyridine rings is 2. The maximum absolute atomic E-state index is 10.8. The second-order valence-electron chi connectivity index (χ2n) is 5.09. The van der Waals surface area contributed by atoms with Crippen LogP contribution in [0.5, 0.6) is 0 Å². The van der Waals surface area contributed by atoms with Gasteiger partial charge in [0, 0.05) is 44.9 Å². The predicted molar refractivity (Wildman–Crippen MR) is 89.6 cm³/mol. The topological polar surface area (TPSA) is 61.8 Å². The van der Waals surface area contributed by atoms with Crippen molar-refractivity contribution < 1.29 is 5.11 Å². The van der Waals surface area contributed by atoms with Gasteiger partial charge in [0.05, 0.1) is 11.2 Å². The van der Waals surface area contributed by atoms with E-state index in [1.807, 2.05) is 24.3 Å². The van der Waals surface area contributed by atoms with Crippen molar-refractivity contribution in [2.75, 3.05) is 0 Å². The van der Waals surface area contributed by atoms with Gasteiger partial charge in [-0.2, -0.15) is 0 Å². The smallest absolute Gasteiger partial charge is 0.124 e. The van der Waals surface area contributed by atoms with Gasteiger partial charge in [-0.25, -0.2) is 0 Å². The van der Waals surface area contributed by atoms with Crippen molar-refractivity contribution in [2.24, 2.45) is 0 Å². The first-order valence-electron chi connectivity index (χ1n) is 6.88. The molecule has 3 aromatic heterocycles. The third kappa shape index (κ3) is 2.01. The fraction of sp³-hybridized carbons (Fsp3) is 0.0588. The van der Waals surface area contributed by atoms with Crippen LogP contribution in [0, 0.1) is 0 Å². The van der Waals surface area contributed by atoms with Crippen LogP contribution < -0.4 is 0 Å². The monoisotopic (exact) mass is 353 g/mol. The van der Waals surface area contributed by atoms with E-state index in [0.29, 0.717) is 5.69 Å². The lowest BCUT2D eigenvalue weighted by atomic mass is 10.1. The molecule has 0 fully saturated rings. The van der Waals surface area contributed by atoms with Crippen molar-refractivity contribution in [2.45, 2.75) is 6.10 Å². The molecule has 0 amide bonds. The van der Waals surface area contributed by atoms with E-state index in [0.717, 1.165) is 31.8 Å². The average Bonchev–Trinajstić information content (AvgIpc) is 2.93. The van der Waals surface area contributed by atoms with Gasteiger partial charge in [0.2, 0.25) is 0 Å². The van der Waals surface area contributed by atoms with Crippen LogP contribution in [0.3, 0.4) is 0 Å². The third-order valence-corrected chi connectivity index (χ3v) is 4.48. The Morgan fingerprint density at radius 1 is 1.05 bits per heavy atom. The maximum Gasteiger partial charge on any atom is 0.124 e. The molecule has 3 heterocycles. The van der Waals surface area contributed by atoms with E-state index in [-0.39, 0.29) is 0 Å². The van der Waals surface area contributed by atoms with Crippen molar-refractivity contribution in [3.8, 4) is 0 Å². The Hall–Kier alpha value is -2.24. The van der Waals surface area contributed by atoms with Gasteiger partial charge in [0.15, 0.2) is 0 Å². The van der Waals surface area contributed by atoms with Crippen LogP contribution in [0.1, 0.15) is 17.4 Å². The first-order valence-corrected chi connectivity index (χ1v) is 7.68. The molecule has 4 aromatic rings. The number of H-pyrrole nitrogens is 1. The second-order valence-corrected chi connectivity index (χ2v) is 5.94. The lowest BCUT2D eigenvalue weighted by Gasteiger charge is -2.12. The highest BCUT2D eigenvalue weighted by Crippen LogP contribution is 2.33. The van der Waals surface area contributed by atoms with Crippen LogP contribution in [0.2, 0.25) is 0 Å². The van der Waals surface area contributed by atoms with Crippen LogP contribution in [0.4, 0.5) is 0 Å². The van der Waals surface area contributed by atoms with Crippen LogP contribution >= 0.6 is 15.9 Å². The SMILES string of the molecule is OC(c1ccncc1Br)c1nccc2c1[nH]c1ccccc12. The number of aliphatic hydroxyl groups excluding tert-OH is 1. The standard InChI is InChI=1S/C17H12BrN3O/c18-13-9-19-7-5-12(13)17(22)16-15-11(6-8-20-16)10-3-1-2-4-14(10)21-15/h1-9,17,21-22H. The molecule has 0 aliphatic rings. The summed E-state index contributed by atoms with van der Waals surface area (Å²) in [6.07, 6.45) is 4.24. The van der Waals surface area contributed by atoms with Crippen LogP contribution in [0.15, 0.2) is 59.5 Å². The molecule has 1 unspecified atom stereocenters. The molecule has 5 heteroatoms. The molecule has 2 N–H and O–H groups in total. The van der Waals surface area contributed by atoms with E-state index in [1.165, 1.54) is 0 Å². The zero-order valence-corrected chi connectivity index (χ0v) is 13.1. The van der Waals surface area contributed by atoms with Crippen molar-refractivity contribution in [1.29, 1.82) is 0 Å². The van der Waals surface area contributed by atoms with Crippen molar-refractivity contribution in [1.82, 2.24) is 15.0 Å². The van der Waals surface area contributed by atoms with Gasteiger partial charge in [-0.1, -0.05) is 18.2 Å². The number of aliphatic hydroxyl groups is 1. The van der Waals surface area contributed by atoms with Crippen LogP contribution in [0.25, 0.3) is 21.8 Å². The number of halogens is 1. The number of benzene rings is 1. The highest BCUT2D eigenvalue weighted by Gasteiger charge is 2.19. The molecule has 0 radical (unpaired) electrons. The van der Waals surface area contributed by atoms with Crippen LogP contribution in [-0.4, -0.2) is 20.1 Å². The van der Waals surface area contributed by atoms with Gasteiger partial charge in [-0.05, 0) is 34.1 Å². The average molecular weight is 354 g/mol. The van der Waals surface area contributed by atoms with Gasteiger partial charge in [-0.3, -0.25) is 9.97 Å². The highest BCUT2D eigenvalue weighted by atomic mass is 79.9. The predicted octanol–water partition coefficient (Wildman–Crippen LogP) is 3.96. The molecule has 0 saturated carbocycles. The molecule has 0 aliphatic heterocycles. The number of para-hydroxylation sites is 1. The fourth-order valence-corrected chi connectivity index (χ4v) is 3.22. The Kier molecular flexibility index (Phi) is 3.17.